The molecule has 2 aromatic carbocycles. The third-order valence-corrected chi connectivity index (χ3v) is 5.26. The molecule has 0 amide bonds. The number of carbonyl (C=O) groups is 1. The quantitative estimate of drug-likeness (QED) is 0.392. The van der Waals surface area contributed by atoms with Crippen molar-refractivity contribution in [1.29, 1.82) is 0 Å². The molecule has 0 aliphatic heterocycles. The van der Waals surface area contributed by atoms with Crippen LogP contribution in [0.4, 0.5) is 10.6 Å². The second kappa shape index (κ2) is 8.61. The average molecular weight is 431 g/mol. The molecule has 166 valence electrons. The zero-order valence-corrected chi connectivity index (χ0v) is 19.3. The number of rotatable bonds is 5. The zero-order chi connectivity index (χ0) is 22.9. The van der Waals surface area contributed by atoms with Crippen molar-refractivity contribution in [3.05, 3.63) is 55.0 Å². The number of ether oxygens (including phenoxy) is 1. The van der Waals surface area contributed by atoms with Crippen molar-refractivity contribution >= 4 is 33.7 Å². The van der Waals surface area contributed by atoms with E-state index in [1.807, 2.05) is 45.0 Å². The van der Waals surface area contributed by atoms with Gasteiger partial charge in [0.05, 0.1) is 11.0 Å². The Morgan fingerprint density at radius 2 is 1.81 bits per heavy atom. The second-order valence-electron chi connectivity index (χ2n) is 9.50. The van der Waals surface area contributed by atoms with E-state index in [1.54, 1.807) is 17.1 Å². The highest BCUT2D eigenvalue weighted by molar-refractivity contribution is 5.95. The topological polar surface area (TPSA) is 69.0 Å². The first kappa shape index (κ1) is 21.8. The van der Waals surface area contributed by atoms with Gasteiger partial charge in [-0.2, -0.15) is 0 Å². The number of fused-ring (bicyclic) bond motifs is 2. The van der Waals surface area contributed by atoms with Crippen LogP contribution in [0.25, 0.3) is 32.9 Å². The molecule has 4 aromatic rings. The van der Waals surface area contributed by atoms with Crippen molar-refractivity contribution in [3.8, 4) is 11.1 Å². The predicted molar refractivity (Wildman–Crippen MR) is 130 cm³/mol. The van der Waals surface area contributed by atoms with Crippen LogP contribution in [0, 0.1) is 5.92 Å². The molecule has 4 rings (SSSR count). The van der Waals surface area contributed by atoms with Crippen molar-refractivity contribution in [2.45, 2.75) is 46.6 Å². The van der Waals surface area contributed by atoms with Crippen molar-refractivity contribution in [2.24, 2.45) is 5.92 Å². The lowest BCUT2D eigenvalue weighted by Crippen LogP contribution is -2.26. The monoisotopic (exact) mass is 430 g/mol. The van der Waals surface area contributed by atoms with Gasteiger partial charge in [0, 0.05) is 23.5 Å². The molecule has 0 atom stereocenters. The van der Waals surface area contributed by atoms with Gasteiger partial charge in [-0.3, -0.25) is 4.57 Å². The fourth-order valence-corrected chi connectivity index (χ4v) is 3.65. The summed E-state index contributed by atoms with van der Waals surface area (Å²) in [6, 6.07) is 14.2. The number of hydrogen-bond donors (Lipinski definition) is 1. The summed E-state index contributed by atoms with van der Waals surface area (Å²) in [5.74, 6) is 1.49. The maximum atomic E-state index is 12.5. The lowest BCUT2D eigenvalue weighted by Gasteiger charge is -2.19. The lowest BCUT2D eigenvalue weighted by atomic mass is 10.0. The molecule has 0 aliphatic carbocycles. The standard InChI is InChI=1S/C26H30N4O2/c1-17(2)10-12-27-24-21-15-19(6-8-22(21)28-16-29-24)18-7-9-23-20(14-18)11-13-30(23)25(31)32-26(3,4)5/h6-9,11,13-17H,10,12H2,1-5H3,(H,27,28,29). The number of anilines is 1. The third kappa shape index (κ3) is 4.74. The predicted octanol–water partition coefficient (Wildman–Crippen LogP) is 6.49. The summed E-state index contributed by atoms with van der Waals surface area (Å²) in [6.45, 7) is 10.9. The summed E-state index contributed by atoms with van der Waals surface area (Å²) in [5.41, 5.74) is 3.34. The van der Waals surface area contributed by atoms with Crippen LogP contribution in [-0.2, 0) is 4.74 Å². The average Bonchev–Trinajstić information content (AvgIpc) is 3.15. The number of nitrogens with one attached hydrogen (secondary N) is 1. The van der Waals surface area contributed by atoms with Gasteiger partial charge in [-0.1, -0.05) is 26.0 Å². The van der Waals surface area contributed by atoms with E-state index >= 15 is 0 Å². The highest BCUT2D eigenvalue weighted by atomic mass is 16.6. The number of benzene rings is 2. The Labute approximate surface area is 188 Å². The van der Waals surface area contributed by atoms with E-state index in [4.69, 9.17) is 4.74 Å². The number of carbonyl (C=O) groups excluding carboxylic acids is 1. The molecule has 2 aromatic heterocycles. The fourth-order valence-electron chi connectivity index (χ4n) is 3.65. The maximum absolute atomic E-state index is 12.5. The molecule has 0 spiro atoms. The largest absolute Gasteiger partial charge is 0.443 e. The summed E-state index contributed by atoms with van der Waals surface area (Å²) in [5, 5.41) is 5.44. The van der Waals surface area contributed by atoms with Crippen molar-refractivity contribution in [1.82, 2.24) is 14.5 Å². The summed E-state index contributed by atoms with van der Waals surface area (Å²) < 4.78 is 7.07. The normalized spacial score (nSPS) is 11.9. The SMILES string of the molecule is CC(C)CCNc1ncnc2ccc(-c3ccc4c(ccn4C(=O)OC(C)(C)C)c3)cc12. The van der Waals surface area contributed by atoms with Crippen molar-refractivity contribution in [2.75, 3.05) is 11.9 Å². The van der Waals surface area contributed by atoms with E-state index in [9.17, 15) is 4.79 Å². The molecule has 0 fully saturated rings. The fraction of sp³-hybridized carbons (Fsp3) is 0.346. The summed E-state index contributed by atoms with van der Waals surface area (Å²) in [6.07, 6.45) is 4.06. The molecular weight excluding hydrogens is 400 g/mol. The van der Waals surface area contributed by atoms with E-state index in [2.05, 4.69) is 47.3 Å². The maximum Gasteiger partial charge on any atom is 0.418 e. The minimum Gasteiger partial charge on any atom is -0.443 e. The number of nitrogens with zero attached hydrogens (tertiary/aromatic N) is 3. The van der Waals surface area contributed by atoms with Crippen LogP contribution in [-0.4, -0.2) is 32.8 Å². The van der Waals surface area contributed by atoms with Gasteiger partial charge in [-0.25, -0.2) is 14.8 Å². The molecule has 0 radical (unpaired) electrons. The van der Waals surface area contributed by atoms with Crippen LogP contribution in [0.15, 0.2) is 55.0 Å². The Kier molecular flexibility index (Phi) is 5.87. The molecule has 1 N–H and O–H groups in total. The molecule has 6 nitrogen and oxygen atoms in total. The van der Waals surface area contributed by atoms with Crippen LogP contribution in [0.2, 0.25) is 0 Å². The molecule has 0 saturated heterocycles. The van der Waals surface area contributed by atoms with E-state index in [0.29, 0.717) is 5.92 Å². The Hall–Kier alpha value is -3.41. The highest BCUT2D eigenvalue weighted by Crippen LogP contribution is 2.30. The lowest BCUT2D eigenvalue weighted by molar-refractivity contribution is 0.0544. The van der Waals surface area contributed by atoms with Crippen LogP contribution in [0.1, 0.15) is 41.0 Å². The summed E-state index contributed by atoms with van der Waals surface area (Å²) in [7, 11) is 0. The second-order valence-corrected chi connectivity index (χ2v) is 9.50. The molecule has 32 heavy (non-hydrogen) atoms. The van der Waals surface area contributed by atoms with Crippen LogP contribution >= 0.6 is 0 Å². The van der Waals surface area contributed by atoms with Gasteiger partial charge in [0.15, 0.2) is 0 Å². The molecule has 2 heterocycles. The molecular formula is C26H30N4O2. The minimum atomic E-state index is -0.540. The number of hydrogen-bond acceptors (Lipinski definition) is 5. The van der Waals surface area contributed by atoms with Gasteiger partial charge in [0.25, 0.3) is 0 Å². The Morgan fingerprint density at radius 1 is 1.06 bits per heavy atom. The van der Waals surface area contributed by atoms with E-state index in [1.165, 1.54) is 0 Å². The molecule has 6 heteroatoms. The van der Waals surface area contributed by atoms with E-state index in [0.717, 1.165) is 51.7 Å². The Balaban J connectivity index is 1.66. The Morgan fingerprint density at radius 3 is 2.56 bits per heavy atom. The van der Waals surface area contributed by atoms with Gasteiger partial charge >= 0.3 is 6.09 Å². The summed E-state index contributed by atoms with van der Waals surface area (Å²) in [4.78, 5) is 21.4. The highest BCUT2D eigenvalue weighted by Gasteiger charge is 2.19. The number of aromatic nitrogens is 3. The van der Waals surface area contributed by atoms with E-state index in [-0.39, 0.29) is 6.09 Å². The van der Waals surface area contributed by atoms with Crippen LogP contribution < -0.4 is 5.32 Å². The van der Waals surface area contributed by atoms with Crippen LogP contribution in [0.5, 0.6) is 0 Å². The first-order valence-corrected chi connectivity index (χ1v) is 11.0. The third-order valence-electron chi connectivity index (χ3n) is 5.26. The van der Waals surface area contributed by atoms with E-state index < -0.39 is 5.60 Å². The Bertz CT molecular complexity index is 1270. The molecule has 0 unspecified atom stereocenters. The van der Waals surface area contributed by atoms with Gasteiger partial charge in [-0.15, -0.1) is 0 Å². The minimum absolute atomic E-state index is 0.375. The van der Waals surface area contributed by atoms with Crippen LogP contribution in [0.3, 0.4) is 0 Å². The van der Waals surface area contributed by atoms with Gasteiger partial charge in [0.1, 0.15) is 17.7 Å². The van der Waals surface area contributed by atoms with Gasteiger partial charge in [-0.05, 0) is 74.6 Å². The summed E-state index contributed by atoms with van der Waals surface area (Å²) >= 11 is 0. The van der Waals surface area contributed by atoms with Crippen molar-refractivity contribution in [3.63, 3.8) is 0 Å². The first-order valence-electron chi connectivity index (χ1n) is 11.0. The molecule has 0 bridgehead atoms. The van der Waals surface area contributed by atoms with Crippen molar-refractivity contribution < 1.29 is 9.53 Å². The van der Waals surface area contributed by atoms with Gasteiger partial charge < -0.3 is 10.1 Å². The smallest absolute Gasteiger partial charge is 0.418 e. The molecule has 0 aliphatic rings. The first-order chi connectivity index (χ1) is 15.2. The zero-order valence-electron chi connectivity index (χ0n) is 19.3. The molecule has 0 saturated carbocycles. The van der Waals surface area contributed by atoms with Gasteiger partial charge in [0.2, 0.25) is 0 Å².